The predicted molar refractivity (Wildman–Crippen MR) is 93.7 cm³/mol. The Balaban J connectivity index is 1.33. The Bertz CT molecular complexity index is 551. The molecule has 2 fully saturated rings. The average molecular weight is 330 g/mol. The van der Waals surface area contributed by atoms with Crippen molar-refractivity contribution in [1.82, 2.24) is 15.1 Å². The minimum atomic E-state index is -0.00734. The summed E-state index contributed by atoms with van der Waals surface area (Å²) in [6.07, 6.45) is 2.59. The average Bonchev–Trinajstić information content (AvgIpc) is 3.40. The lowest BCUT2D eigenvalue weighted by atomic mass is 10.3. The van der Waals surface area contributed by atoms with Crippen LogP contribution in [-0.2, 0) is 9.59 Å². The molecule has 2 amide bonds. The van der Waals surface area contributed by atoms with Gasteiger partial charge in [0.1, 0.15) is 0 Å². The molecule has 1 aromatic rings. The minimum Gasteiger partial charge on any atom is -0.339 e. The van der Waals surface area contributed by atoms with Gasteiger partial charge in [0, 0.05) is 31.9 Å². The van der Waals surface area contributed by atoms with Crippen LogP contribution in [-0.4, -0.2) is 67.4 Å². The number of hydrogen-bond donors (Lipinski definition) is 2. The number of carbonyl (C=O) groups is 2. The number of nitrogens with zero attached hydrogens (tertiary/aromatic N) is 2. The van der Waals surface area contributed by atoms with Gasteiger partial charge in [-0.15, -0.1) is 0 Å². The van der Waals surface area contributed by atoms with E-state index in [0.717, 1.165) is 31.2 Å². The smallest absolute Gasteiger partial charge is 0.238 e. The number of para-hydroxylation sites is 1. The van der Waals surface area contributed by atoms with Gasteiger partial charge in [-0.25, -0.2) is 0 Å². The SMILES string of the molecule is O=C(CN1CCN(C(=O)CNCC2CC2)CC1)Nc1ccccc1. The van der Waals surface area contributed by atoms with Gasteiger partial charge >= 0.3 is 0 Å². The molecule has 1 aliphatic carbocycles. The van der Waals surface area contributed by atoms with E-state index in [9.17, 15) is 9.59 Å². The van der Waals surface area contributed by atoms with Crippen LogP contribution in [0.25, 0.3) is 0 Å². The van der Waals surface area contributed by atoms with Crippen LogP contribution in [0.2, 0.25) is 0 Å². The van der Waals surface area contributed by atoms with Gasteiger partial charge < -0.3 is 15.5 Å². The molecule has 0 atom stereocenters. The molecule has 0 bridgehead atoms. The maximum atomic E-state index is 12.1. The predicted octanol–water partition coefficient (Wildman–Crippen LogP) is 0.769. The first kappa shape index (κ1) is 16.9. The Kier molecular flexibility index (Phi) is 5.82. The molecule has 3 rings (SSSR count). The molecule has 6 heteroatoms. The van der Waals surface area contributed by atoms with Gasteiger partial charge in [-0.2, -0.15) is 0 Å². The first-order valence-corrected chi connectivity index (χ1v) is 8.76. The van der Waals surface area contributed by atoms with Crippen LogP contribution < -0.4 is 10.6 Å². The quantitative estimate of drug-likeness (QED) is 0.775. The molecular formula is C18H26N4O2. The summed E-state index contributed by atoms with van der Waals surface area (Å²) in [7, 11) is 0. The van der Waals surface area contributed by atoms with E-state index in [0.29, 0.717) is 26.2 Å². The second kappa shape index (κ2) is 8.26. The first-order valence-electron chi connectivity index (χ1n) is 8.76. The number of hydrogen-bond acceptors (Lipinski definition) is 4. The lowest BCUT2D eigenvalue weighted by molar-refractivity contribution is -0.132. The summed E-state index contributed by atoms with van der Waals surface area (Å²) >= 11 is 0. The molecule has 1 saturated heterocycles. The summed E-state index contributed by atoms with van der Waals surface area (Å²) < 4.78 is 0. The molecule has 24 heavy (non-hydrogen) atoms. The zero-order chi connectivity index (χ0) is 16.8. The topological polar surface area (TPSA) is 64.7 Å². The Morgan fingerprint density at radius 3 is 2.42 bits per heavy atom. The summed E-state index contributed by atoms with van der Waals surface area (Å²) in [6, 6.07) is 9.48. The molecule has 130 valence electrons. The van der Waals surface area contributed by atoms with Crippen LogP contribution in [0.4, 0.5) is 5.69 Å². The number of nitrogens with one attached hydrogen (secondary N) is 2. The lowest BCUT2D eigenvalue weighted by Crippen LogP contribution is -2.52. The van der Waals surface area contributed by atoms with Crippen molar-refractivity contribution in [3.63, 3.8) is 0 Å². The summed E-state index contributed by atoms with van der Waals surface area (Å²) in [4.78, 5) is 28.2. The van der Waals surface area contributed by atoms with Crippen LogP contribution in [0.5, 0.6) is 0 Å². The van der Waals surface area contributed by atoms with Gasteiger partial charge in [-0.1, -0.05) is 18.2 Å². The molecule has 0 unspecified atom stereocenters. The Labute approximate surface area is 143 Å². The molecule has 0 radical (unpaired) electrons. The van der Waals surface area contributed by atoms with Gasteiger partial charge in [-0.05, 0) is 37.4 Å². The Morgan fingerprint density at radius 2 is 1.75 bits per heavy atom. The highest BCUT2D eigenvalue weighted by Gasteiger charge is 2.24. The molecule has 0 aromatic heterocycles. The van der Waals surface area contributed by atoms with Crippen LogP contribution in [0.3, 0.4) is 0 Å². The van der Waals surface area contributed by atoms with E-state index in [1.165, 1.54) is 12.8 Å². The minimum absolute atomic E-state index is 0.00734. The van der Waals surface area contributed by atoms with Crippen LogP contribution in [0.15, 0.2) is 30.3 Å². The second-order valence-corrected chi connectivity index (χ2v) is 6.65. The monoisotopic (exact) mass is 330 g/mol. The van der Waals surface area contributed by atoms with Crippen molar-refractivity contribution >= 4 is 17.5 Å². The largest absolute Gasteiger partial charge is 0.339 e. The number of benzene rings is 1. The van der Waals surface area contributed by atoms with Crippen molar-refractivity contribution in [3.8, 4) is 0 Å². The van der Waals surface area contributed by atoms with Gasteiger partial charge in [0.25, 0.3) is 0 Å². The zero-order valence-electron chi connectivity index (χ0n) is 14.0. The third-order valence-electron chi connectivity index (χ3n) is 4.56. The summed E-state index contributed by atoms with van der Waals surface area (Å²) in [5.41, 5.74) is 0.818. The molecule has 0 spiro atoms. The third-order valence-corrected chi connectivity index (χ3v) is 4.56. The molecular weight excluding hydrogens is 304 g/mol. The van der Waals surface area contributed by atoms with Gasteiger partial charge in [0.2, 0.25) is 11.8 Å². The summed E-state index contributed by atoms with van der Waals surface area (Å²) in [5, 5.41) is 6.14. The van der Waals surface area contributed by atoms with Crippen molar-refractivity contribution in [2.75, 3.05) is 51.1 Å². The first-order chi connectivity index (χ1) is 11.7. The Morgan fingerprint density at radius 1 is 1.04 bits per heavy atom. The highest BCUT2D eigenvalue weighted by Crippen LogP contribution is 2.27. The molecule has 2 N–H and O–H groups in total. The fraction of sp³-hybridized carbons (Fsp3) is 0.556. The highest BCUT2D eigenvalue weighted by molar-refractivity contribution is 5.92. The molecule has 1 saturated carbocycles. The van der Waals surface area contributed by atoms with E-state index in [2.05, 4.69) is 15.5 Å². The van der Waals surface area contributed by atoms with Crippen molar-refractivity contribution in [2.45, 2.75) is 12.8 Å². The number of anilines is 1. The van der Waals surface area contributed by atoms with Gasteiger partial charge in [0.05, 0.1) is 13.1 Å². The molecule has 1 aliphatic heterocycles. The van der Waals surface area contributed by atoms with E-state index in [1.807, 2.05) is 35.2 Å². The maximum absolute atomic E-state index is 12.1. The van der Waals surface area contributed by atoms with Crippen LogP contribution in [0.1, 0.15) is 12.8 Å². The Hall–Kier alpha value is -1.92. The van der Waals surface area contributed by atoms with Crippen molar-refractivity contribution in [2.24, 2.45) is 5.92 Å². The van der Waals surface area contributed by atoms with Gasteiger partial charge in [0.15, 0.2) is 0 Å². The summed E-state index contributed by atoms with van der Waals surface area (Å²) in [5.74, 6) is 0.953. The third kappa shape index (κ3) is 5.32. The molecule has 1 aromatic carbocycles. The van der Waals surface area contributed by atoms with E-state index in [-0.39, 0.29) is 11.8 Å². The number of rotatable bonds is 7. The zero-order valence-corrected chi connectivity index (χ0v) is 14.0. The van der Waals surface area contributed by atoms with Crippen LogP contribution in [0, 0.1) is 5.92 Å². The second-order valence-electron chi connectivity index (χ2n) is 6.65. The van der Waals surface area contributed by atoms with Gasteiger partial charge in [-0.3, -0.25) is 14.5 Å². The van der Waals surface area contributed by atoms with Crippen molar-refractivity contribution in [1.29, 1.82) is 0 Å². The normalized spacial score (nSPS) is 18.4. The van der Waals surface area contributed by atoms with Crippen molar-refractivity contribution in [3.05, 3.63) is 30.3 Å². The summed E-state index contributed by atoms with van der Waals surface area (Å²) in [6.45, 7) is 4.66. The number of amides is 2. The fourth-order valence-corrected chi connectivity index (χ4v) is 2.90. The highest BCUT2D eigenvalue weighted by atomic mass is 16.2. The molecule has 6 nitrogen and oxygen atoms in total. The van der Waals surface area contributed by atoms with E-state index < -0.39 is 0 Å². The van der Waals surface area contributed by atoms with Crippen molar-refractivity contribution < 1.29 is 9.59 Å². The maximum Gasteiger partial charge on any atom is 0.238 e. The number of carbonyl (C=O) groups excluding carboxylic acids is 2. The van der Waals surface area contributed by atoms with Crippen LogP contribution >= 0.6 is 0 Å². The lowest BCUT2D eigenvalue weighted by Gasteiger charge is -2.34. The van der Waals surface area contributed by atoms with E-state index in [1.54, 1.807) is 0 Å². The van der Waals surface area contributed by atoms with E-state index >= 15 is 0 Å². The molecule has 1 heterocycles. The molecule has 2 aliphatic rings. The van der Waals surface area contributed by atoms with E-state index in [4.69, 9.17) is 0 Å². The fourth-order valence-electron chi connectivity index (χ4n) is 2.90. The standard InChI is InChI=1S/C18H26N4O2/c23-17(20-16-4-2-1-3-5-16)14-21-8-10-22(11-9-21)18(24)13-19-12-15-6-7-15/h1-5,15,19H,6-14H2,(H,20,23). The number of piperazine rings is 1.